The molecule has 1 unspecified atom stereocenters. The Balaban J connectivity index is 2.13. The predicted octanol–water partition coefficient (Wildman–Crippen LogP) is 3.23. The van der Waals surface area contributed by atoms with Crippen LogP contribution >= 0.6 is 0 Å². The number of anilines is 1. The fourth-order valence-corrected chi connectivity index (χ4v) is 5.21. The van der Waals surface area contributed by atoms with Crippen LogP contribution < -0.4 is 4.90 Å². The van der Waals surface area contributed by atoms with Crippen LogP contribution in [0.25, 0.3) is 10.9 Å². The molecule has 0 N–H and O–H groups in total. The smallest absolute Gasteiger partial charge is 0.103 e. The Morgan fingerprint density at radius 1 is 1.35 bits per heavy atom. The molecule has 5 heteroatoms. The second-order valence-corrected chi connectivity index (χ2v) is 7.98. The fourth-order valence-electron chi connectivity index (χ4n) is 3.44. The zero-order chi connectivity index (χ0) is 16.4. The standard InChI is InChI=1S/C18H21N3OS/c1-3-18(4-2)13-21(9-10-23(18)22)17-14(11-19)12-20-16-8-6-5-7-15(16)17/h5-8,12H,3-4,9-10,13H2,1-2H3. The Morgan fingerprint density at radius 2 is 2.09 bits per heavy atom. The number of pyridine rings is 1. The van der Waals surface area contributed by atoms with Gasteiger partial charge in [0.2, 0.25) is 0 Å². The summed E-state index contributed by atoms with van der Waals surface area (Å²) in [6, 6.07) is 10.2. The monoisotopic (exact) mass is 327 g/mol. The number of nitriles is 1. The molecule has 120 valence electrons. The van der Waals surface area contributed by atoms with Gasteiger partial charge in [-0.15, -0.1) is 0 Å². The van der Waals surface area contributed by atoms with Gasteiger partial charge in [0.25, 0.3) is 0 Å². The van der Waals surface area contributed by atoms with Gasteiger partial charge < -0.3 is 4.90 Å². The van der Waals surface area contributed by atoms with Crippen molar-refractivity contribution in [3.63, 3.8) is 0 Å². The van der Waals surface area contributed by atoms with E-state index in [1.807, 2.05) is 24.3 Å². The van der Waals surface area contributed by atoms with Crippen LogP contribution in [0.1, 0.15) is 32.3 Å². The number of fused-ring (bicyclic) bond motifs is 1. The molecule has 2 aromatic rings. The number of hydrogen-bond acceptors (Lipinski definition) is 4. The van der Waals surface area contributed by atoms with Gasteiger partial charge in [0.05, 0.1) is 21.5 Å². The van der Waals surface area contributed by atoms with Crippen molar-refractivity contribution in [2.24, 2.45) is 0 Å². The lowest BCUT2D eigenvalue weighted by Crippen LogP contribution is -2.53. The zero-order valence-electron chi connectivity index (χ0n) is 13.6. The molecule has 0 bridgehead atoms. The summed E-state index contributed by atoms with van der Waals surface area (Å²) in [6.07, 6.45) is 3.43. The molecule has 1 saturated heterocycles. The SMILES string of the molecule is CCC1(CC)CN(c2c(C#N)cnc3ccccc23)CCS1=O. The van der Waals surface area contributed by atoms with Gasteiger partial charge >= 0.3 is 0 Å². The first-order valence-corrected chi connectivity index (χ1v) is 9.38. The van der Waals surface area contributed by atoms with Crippen LogP contribution in [0.3, 0.4) is 0 Å². The summed E-state index contributed by atoms with van der Waals surface area (Å²) in [5.74, 6) is 0.656. The third-order valence-corrected chi connectivity index (χ3v) is 7.21. The molecule has 1 aliphatic heterocycles. The van der Waals surface area contributed by atoms with Crippen molar-refractivity contribution >= 4 is 27.4 Å². The molecule has 1 aliphatic rings. The summed E-state index contributed by atoms with van der Waals surface area (Å²) < 4.78 is 12.4. The van der Waals surface area contributed by atoms with E-state index in [1.165, 1.54) is 0 Å². The highest BCUT2D eigenvalue weighted by Gasteiger charge is 2.39. The van der Waals surface area contributed by atoms with Gasteiger partial charge in [-0.2, -0.15) is 5.26 Å². The molecule has 1 aromatic heterocycles. The fraction of sp³-hybridized carbons (Fsp3) is 0.444. The molecule has 23 heavy (non-hydrogen) atoms. The Bertz CT molecular complexity index is 792. The van der Waals surface area contributed by atoms with Crippen molar-refractivity contribution in [1.82, 2.24) is 4.98 Å². The highest BCUT2D eigenvalue weighted by molar-refractivity contribution is 7.86. The summed E-state index contributed by atoms with van der Waals surface area (Å²) in [5.41, 5.74) is 2.44. The van der Waals surface area contributed by atoms with Gasteiger partial charge in [0.15, 0.2) is 0 Å². The van der Waals surface area contributed by atoms with E-state index >= 15 is 0 Å². The molecular formula is C18H21N3OS. The van der Waals surface area contributed by atoms with Crippen LogP contribution in [0.4, 0.5) is 5.69 Å². The van der Waals surface area contributed by atoms with Crippen LogP contribution in [0.15, 0.2) is 30.5 Å². The van der Waals surface area contributed by atoms with Gasteiger partial charge in [-0.25, -0.2) is 0 Å². The molecule has 0 aliphatic carbocycles. The van der Waals surface area contributed by atoms with Crippen molar-refractivity contribution in [3.8, 4) is 6.07 Å². The third kappa shape index (κ3) is 2.61. The largest absolute Gasteiger partial charge is 0.367 e. The number of nitrogens with zero attached hydrogens (tertiary/aromatic N) is 3. The van der Waals surface area contributed by atoms with Crippen LogP contribution in [-0.4, -0.2) is 32.8 Å². The third-order valence-electron chi connectivity index (χ3n) is 4.98. The molecule has 1 atom stereocenters. The van der Waals surface area contributed by atoms with E-state index in [0.29, 0.717) is 11.3 Å². The van der Waals surface area contributed by atoms with Gasteiger partial charge in [-0.1, -0.05) is 32.0 Å². The highest BCUT2D eigenvalue weighted by Crippen LogP contribution is 2.35. The van der Waals surface area contributed by atoms with Crippen molar-refractivity contribution < 1.29 is 4.21 Å². The van der Waals surface area contributed by atoms with E-state index in [1.54, 1.807) is 6.20 Å². The molecule has 4 nitrogen and oxygen atoms in total. The minimum absolute atomic E-state index is 0.185. The molecule has 3 rings (SSSR count). The van der Waals surface area contributed by atoms with Gasteiger partial charge in [-0.3, -0.25) is 9.19 Å². The maximum atomic E-state index is 12.6. The minimum Gasteiger partial charge on any atom is -0.367 e. The van der Waals surface area contributed by atoms with E-state index in [-0.39, 0.29) is 4.75 Å². The lowest BCUT2D eigenvalue weighted by atomic mass is 9.99. The van der Waals surface area contributed by atoms with E-state index in [4.69, 9.17) is 0 Å². The van der Waals surface area contributed by atoms with Crippen LogP contribution in [0.5, 0.6) is 0 Å². The van der Waals surface area contributed by atoms with Crippen LogP contribution in [-0.2, 0) is 10.8 Å². The average molecular weight is 327 g/mol. The average Bonchev–Trinajstić information content (AvgIpc) is 2.61. The Kier molecular flexibility index (Phi) is 4.36. The molecule has 0 saturated carbocycles. The quantitative estimate of drug-likeness (QED) is 0.868. The maximum Gasteiger partial charge on any atom is 0.103 e. The number of para-hydroxylation sites is 1. The number of aromatic nitrogens is 1. The molecule has 2 heterocycles. The number of rotatable bonds is 3. The molecule has 0 radical (unpaired) electrons. The van der Waals surface area contributed by atoms with E-state index in [0.717, 1.165) is 42.5 Å². The van der Waals surface area contributed by atoms with Crippen molar-refractivity contribution in [1.29, 1.82) is 5.26 Å². The lowest BCUT2D eigenvalue weighted by Gasteiger charge is -2.42. The van der Waals surface area contributed by atoms with E-state index in [9.17, 15) is 9.47 Å². The molecule has 0 spiro atoms. The summed E-state index contributed by atoms with van der Waals surface area (Å²) in [7, 11) is -0.814. The topological polar surface area (TPSA) is 57.0 Å². The van der Waals surface area contributed by atoms with Crippen molar-refractivity contribution in [2.75, 3.05) is 23.7 Å². The summed E-state index contributed by atoms with van der Waals surface area (Å²) in [5, 5.41) is 10.5. The summed E-state index contributed by atoms with van der Waals surface area (Å²) >= 11 is 0. The van der Waals surface area contributed by atoms with Gasteiger partial charge in [-0.05, 0) is 18.9 Å². The van der Waals surface area contributed by atoms with Gasteiger partial charge in [0, 0.05) is 41.2 Å². The van der Waals surface area contributed by atoms with Crippen molar-refractivity contribution in [3.05, 3.63) is 36.0 Å². The Morgan fingerprint density at radius 3 is 2.78 bits per heavy atom. The van der Waals surface area contributed by atoms with E-state index < -0.39 is 10.8 Å². The Labute approximate surface area is 139 Å². The summed E-state index contributed by atoms with van der Waals surface area (Å²) in [4.78, 5) is 6.64. The lowest BCUT2D eigenvalue weighted by molar-refractivity contribution is 0.496. The molecule has 1 fully saturated rings. The van der Waals surface area contributed by atoms with Gasteiger partial charge in [0.1, 0.15) is 6.07 Å². The zero-order valence-corrected chi connectivity index (χ0v) is 14.4. The molecular weight excluding hydrogens is 306 g/mol. The first-order valence-electron chi connectivity index (χ1n) is 8.06. The number of benzene rings is 1. The molecule has 1 aromatic carbocycles. The second kappa shape index (κ2) is 6.29. The van der Waals surface area contributed by atoms with Crippen LogP contribution in [0.2, 0.25) is 0 Å². The van der Waals surface area contributed by atoms with Crippen LogP contribution in [0, 0.1) is 11.3 Å². The van der Waals surface area contributed by atoms with E-state index in [2.05, 4.69) is 29.8 Å². The predicted molar refractivity (Wildman–Crippen MR) is 95.0 cm³/mol. The number of hydrogen-bond donors (Lipinski definition) is 0. The minimum atomic E-state index is -0.814. The summed E-state index contributed by atoms with van der Waals surface area (Å²) in [6.45, 7) is 5.67. The second-order valence-electron chi connectivity index (χ2n) is 6.01. The maximum absolute atomic E-state index is 12.6. The normalized spacial score (nSPS) is 20.4. The van der Waals surface area contributed by atoms with Crippen molar-refractivity contribution in [2.45, 2.75) is 31.4 Å². The first-order chi connectivity index (χ1) is 11.1. The highest BCUT2D eigenvalue weighted by atomic mass is 32.2. The Hall–Kier alpha value is -1.93. The first kappa shape index (κ1) is 15.9. The molecule has 0 amide bonds.